The molecule has 1 saturated heterocycles. The summed E-state index contributed by atoms with van der Waals surface area (Å²) in [6.45, 7) is 3.32. The number of hydrogen-bond acceptors (Lipinski definition) is 3. The number of hydrogen-bond donors (Lipinski definition) is 0. The van der Waals surface area contributed by atoms with Gasteiger partial charge in [-0.2, -0.15) is 0 Å². The molecule has 3 nitrogen and oxygen atoms in total. The lowest BCUT2D eigenvalue weighted by molar-refractivity contribution is 0.413. The zero-order valence-electron chi connectivity index (χ0n) is 9.03. The lowest BCUT2D eigenvalue weighted by Gasteiger charge is -2.23. The third kappa shape index (κ3) is 2.02. The third-order valence-electron chi connectivity index (χ3n) is 2.90. The molecule has 0 spiro atoms. The Bertz CT molecular complexity index is 356. The Balaban J connectivity index is 2.28. The molecule has 2 rings (SSSR count). The van der Waals surface area contributed by atoms with Crippen molar-refractivity contribution < 1.29 is 4.74 Å². The summed E-state index contributed by atoms with van der Waals surface area (Å²) in [6.07, 6.45) is 4.30. The first kappa shape index (κ1) is 10.6. The molecule has 1 aromatic heterocycles. The van der Waals surface area contributed by atoms with Crippen LogP contribution in [0.4, 0.5) is 5.69 Å². The third-order valence-corrected chi connectivity index (χ3v) is 3.18. The Morgan fingerprint density at radius 1 is 1.60 bits per heavy atom. The summed E-state index contributed by atoms with van der Waals surface area (Å²) in [5.74, 6) is 0.647. The zero-order chi connectivity index (χ0) is 10.8. The van der Waals surface area contributed by atoms with Crippen molar-refractivity contribution in [3.8, 4) is 5.75 Å². The molecule has 1 fully saturated rings. The highest BCUT2D eigenvalue weighted by Gasteiger charge is 2.21. The van der Waals surface area contributed by atoms with Gasteiger partial charge in [-0.05, 0) is 19.8 Å². The van der Waals surface area contributed by atoms with Gasteiger partial charge in [0.15, 0.2) is 10.9 Å². The van der Waals surface area contributed by atoms with Gasteiger partial charge in [0.25, 0.3) is 0 Å². The molecule has 82 valence electrons. The largest absolute Gasteiger partial charge is 0.493 e. The second kappa shape index (κ2) is 4.27. The molecular weight excluding hydrogens is 212 g/mol. The van der Waals surface area contributed by atoms with Gasteiger partial charge in [0, 0.05) is 18.7 Å². The first-order valence-electron chi connectivity index (χ1n) is 5.18. The first-order valence-corrected chi connectivity index (χ1v) is 5.56. The number of pyridine rings is 1. The molecule has 1 aliphatic rings. The van der Waals surface area contributed by atoms with Crippen LogP contribution in [0.15, 0.2) is 12.3 Å². The van der Waals surface area contributed by atoms with E-state index in [0.717, 1.165) is 12.2 Å². The SMILES string of the molecule is COc1cc(N2CCCC2C)cnc1Cl. The fourth-order valence-electron chi connectivity index (χ4n) is 2.03. The molecule has 0 bridgehead atoms. The van der Waals surface area contributed by atoms with Crippen LogP contribution in [-0.2, 0) is 0 Å². The lowest BCUT2D eigenvalue weighted by Crippen LogP contribution is -2.26. The smallest absolute Gasteiger partial charge is 0.171 e. The van der Waals surface area contributed by atoms with Gasteiger partial charge in [0.2, 0.25) is 0 Å². The van der Waals surface area contributed by atoms with Crippen LogP contribution in [0.5, 0.6) is 5.75 Å². The second-order valence-electron chi connectivity index (χ2n) is 3.87. The van der Waals surface area contributed by atoms with E-state index < -0.39 is 0 Å². The minimum Gasteiger partial charge on any atom is -0.493 e. The highest BCUT2D eigenvalue weighted by molar-refractivity contribution is 6.30. The van der Waals surface area contributed by atoms with Crippen LogP contribution in [0, 0.1) is 0 Å². The Morgan fingerprint density at radius 2 is 2.40 bits per heavy atom. The number of halogens is 1. The van der Waals surface area contributed by atoms with Crippen molar-refractivity contribution >= 4 is 17.3 Å². The zero-order valence-corrected chi connectivity index (χ0v) is 9.79. The van der Waals surface area contributed by atoms with Gasteiger partial charge in [-0.15, -0.1) is 0 Å². The first-order chi connectivity index (χ1) is 7.22. The minimum atomic E-state index is 0.424. The molecule has 15 heavy (non-hydrogen) atoms. The van der Waals surface area contributed by atoms with Crippen LogP contribution < -0.4 is 9.64 Å². The number of aromatic nitrogens is 1. The molecule has 0 aliphatic carbocycles. The fourth-order valence-corrected chi connectivity index (χ4v) is 2.22. The van der Waals surface area contributed by atoms with Crippen LogP contribution in [0.3, 0.4) is 0 Å². The molecule has 1 unspecified atom stereocenters. The van der Waals surface area contributed by atoms with Gasteiger partial charge in [-0.1, -0.05) is 11.6 Å². The van der Waals surface area contributed by atoms with Crippen molar-refractivity contribution in [2.45, 2.75) is 25.8 Å². The van der Waals surface area contributed by atoms with Gasteiger partial charge >= 0.3 is 0 Å². The lowest BCUT2D eigenvalue weighted by atomic mass is 10.2. The van der Waals surface area contributed by atoms with Gasteiger partial charge in [0.1, 0.15) is 0 Å². The molecule has 0 N–H and O–H groups in total. The standard InChI is InChI=1S/C11H15ClN2O/c1-8-4-3-5-14(8)9-6-10(15-2)11(12)13-7-9/h6-8H,3-5H2,1-2H3. The second-order valence-corrected chi connectivity index (χ2v) is 4.23. The Hall–Kier alpha value is -0.960. The van der Waals surface area contributed by atoms with E-state index >= 15 is 0 Å². The molecule has 0 aromatic carbocycles. The van der Waals surface area contributed by atoms with Crippen molar-refractivity contribution in [3.63, 3.8) is 0 Å². The average Bonchev–Trinajstić information content (AvgIpc) is 2.65. The number of methoxy groups -OCH3 is 1. The van der Waals surface area contributed by atoms with E-state index in [-0.39, 0.29) is 0 Å². The molecule has 1 aromatic rings. The van der Waals surface area contributed by atoms with Crippen LogP contribution in [0.2, 0.25) is 5.15 Å². The van der Waals surface area contributed by atoms with Crippen molar-refractivity contribution in [2.24, 2.45) is 0 Å². The van der Waals surface area contributed by atoms with Crippen LogP contribution in [0.25, 0.3) is 0 Å². The maximum atomic E-state index is 5.88. The molecule has 0 radical (unpaired) electrons. The number of ether oxygens (including phenoxy) is 1. The predicted molar refractivity (Wildman–Crippen MR) is 61.8 cm³/mol. The Labute approximate surface area is 95.0 Å². The van der Waals surface area contributed by atoms with E-state index in [2.05, 4.69) is 16.8 Å². The summed E-state index contributed by atoms with van der Waals surface area (Å²) in [7, 11) is 1.61. The molecule has 1 aliphatic heterocycles. The van der Waals surface area contributed by atoms with E-state index in [1.165, 1.54) is 12.8 Å². The summed E-state index contributed by atoms with van der Waals surface area (Å²) in [6, 6.07) is 2.54. The summed E-state index contributed by atoms with van der Waals surface area (Å²) in [4.78, 5) is 6.47. The molecule has 1 atom stereocenters. The summed E-state index contributed by atoms with van der Waals surface area (Å²) < 4.78 is 5.16. The summed E-state index contributed by atoms with van der Waals surface area (Å²) in [5, 5.41) is 0.424. The van der Waals surface area contributed by atoms with Crippen molar-refractivity contribution in [3.05, 3.63) is 17.4 Å². The maximum absolute atomic E-state index is 5.88. The van der Waals surface area contributed by atoms with Crippen molar-refractivity contribution in [1.82, 2.24) is 4.98 Å². The van der Waals surface area contributed by atoms with Crippen LogP contribution in [0.1, 0.15) is 19.8 Å². The van der Waals surface area contributed by atoms with Gasteiger partial charge in [-0.25, -0.2) is 4.98 Å². The minimum absolute atomic E-state index is 0.424. The molecule has 2 heterocycles. The Kier molecular flexibility index (Phi) is 3.00. The van der Waals surface area contributed by atoms with E-state index in [0.29, 0.717) is 16.9 Å². The Morgan fingerprint density at radius 3 is 3.00 bits per heavy atom. The van der Waals surface area contributed by atoms with Gasteiger partial charge in [-0.3, -0.25) is 0 Å². The van der Waals surface area contributed by atoms with E-state index in [4.69, 9.17) is 16.3 Å². The van der Waals surface area contributed by atoms with Gasteiger partial charge in [0.05, 0.1) is 19.0 Å². The molecular formula is C11H15ClN2O. The monoisotopic (exact) mass is 226 g/mol. The highest BCUT2D eigenvalue weighted by atomic mass is 35.5. The van der Waals surface area contributed by atoms with Crippen LogP contribution in [-0.4, -0.2) is 24.7 Å². The average molecular weight is 227 g/mol. The topological polar surface area (TPSA) is 25.4 Å². The summed E-state index contributed by atoms with van der Waals surface area (Å²) in [5.41, 5.74) is 1.10. The molecule has 0 saturated carbocycles. The van der Waals surface area contributed by atoms with E-state index in [9.17, 15) is 0 Å². The van der Waals surface area contributed by atoms with Crippen molar-refractivity contribution in [1.29, 1.82) is 0 Å². The number of rotatable bonds is 2. The number of nitrogens with zero attached hydrogens (tertiary/aromatic N) is 2. The normalized spacial score (nSPS) is 20.7. The van der Waals surface area contributed by atoms with E-state index in [1.807, 2.05) is 12.3 Å². The van der Waals surface area contributed by atoms with Crippen LogP contribution >= 0.6 is 11.6 Å². The van der Waals surface area contributed by atoms with E-state index in [1.54, 1.807) is 7.11 Å². The highest BCUT2D eigenvalue weighted by Crippen LogP contribution is 2.30. The van der Waals surface area contributed by atoms with Crippen molar-refractivity contribution in [2.75, 3.05) is 18.6 Å². The van der Waals surface area contributed by atoms with Gasteiger partial charge < -0.3 is 9.64 Å². The molecule has 4 heteroatoms. The maximum Gasteiger partial charge on any atom is 0.171 e. The summed E-state index contributed by atoms with van der Waals surface area (Å²) >= 11 is 5.88. The number of anilines is 1. The predicted octanol–water partition coefficient (Wildman–Crippen LogP) is 2.73. The molecule has 0 amide bonds. The quantitative estimate of drug-likeness (QED) is 0.726. The fraction of sp³-hybridized carbons (Fsp3) is 0.545.